The Labute approximate surface area is 103 Å². The third kappa shape index (κ3) is 1.76. The summed E-state index contributed by atoms with van der Waals surface area (Å²) in [7, 11) is 0. The molecule has 84 valence electrons. The standard InChI is InChI=1S/C12H14BrN3/c13-11-5-3-6-12-15-10(8-16(11)12)9-4-1-2-7-14-9/h3,5-6,8-9,14H,1-2,4,7H2. The molecule has 3 rings (SSSR count). The van der Waals surface area contributed by atoms with E-state index in [4.69, 9.17) is 0 Å². The zero-order chi connectivity index (χ0) is 11.0. The maximum absolute atomic E-state index is 4.67. The minimum Gasteiger partial charge on any atom is -0.309 e. The maximum Gasteiger partial charge on any atom is 0.137 e. The molecule has 16 heavy (non-hydrogen) atoms. The fourth-order valence-electron chi connectivity index (χ4n) is 2.27. The van der Waals surface area contributed by atoms with Gasteiger partial charge in [-0.1, -0.05) is 12.5 Å². The molecule has 2 aromatic rings. The highest BCUT2D eigenvalue weighted by atomic mass is 79.9. The first-order valence-corrected chi connectivity index (χ1v) is 6.51. The molecular weight excluding hydrogens is 266 g/mol. The fraction of sp³-hybridized carbons (Fsp3) is 0.417. The lowest BCUT2D eigenvalue weighted by Crippen LogP contribution is -2.26. The zero-order valence-electron chi connectivity index (χ0n) is 8.99. The number of halogens is 1. The normalized spacial score (nSPS) is 21.4. The number of piperidine rings is 1. The number of hydrogen-bond donors (Lipinski definition) is 1. The molecule has 0 amide bonds. The molecule has 0 bridgehead atoms. The number of nitrogens with zero attached hydrogens (tertiary/aromatic N) is 2. The van der Waals surface area contributed by atoms with Crippen molar-refractivity contribution in [2.24, 2.45) is 0 Å². The van der Waals surface area contributed by atoms with Crippen molar-refractivity contribution >= 4 is 21.6 Å². The van der Waals surface area contributed by atoms with Crippen molar-refractivity contribution in [1.82, 2.24) is 14.7 Å². The molecule has 1 fully saturated rings. The second kappa shape index (κ2) is 4.18. The third-order valence-corrected chi connectivity index (χ3v) is 3.77. The lowest BCUT2D eigenvalue weighted by Gasteiger charge is -2.21. The first-order valence-electron chi connectivity index (χ1n) is 5.71. The number of fused-ring (bicyclic) bond motifs is 1. The third-order valence-electron chi connectivity index (χ3n) is 3.13. The second-order valence-corrected chi connectivity index (χ2v) is 5.06. The summed E-state index contributed by atoms with van der Waals surface area (Å²) < 4.78 is 3.14. The molecule has 1 aliphatic rings. The largest absolute Gasteiger partial charge is 0.309 e. The summed E-state index contributed by atoms with van der Waals surface area (Å²) >= 11 is 3.54. The number of pyridine rings is 1. The predicted octanol–water partition coefficient (Wildman–Crippen LogP) is 2.91. The van der Waals surface area contributed by atoms with Gasteiger partial charge in [-0.15, -0.1) is 0 Å². The molecule has 3 nitrogen and oxygen atoms in total. The van der Waals surface area contributed by atoms with E-state index in [0.29, 0.717) is 6.04 Å². The van der Waals surface area contributed by atoms with Crippen LogP contribution in [-0.2, 0) is 0 Å². The first-order chi connectivity index (χ1) is 7.84. The van der Waals surface area contributed by atoms with E-state index in [2.05, 4.69) is 36.8 Å². The number of nitrogens with one attached hydrogen (secondary N) is 1. The summed E-state index contributed by atoms with van der Waals surface area (Å²) in [4.78, 5) is 4.67. The Morgan fingerprint density at radius 1 is 1.38 bits per heavy atom. The maximum atomic E-state index is 4.67. The quantitative estimate of drug-likeness (QED) is 0.814. The van der Waals surface area contributed by atoms with Gasteiger partial charge in [0.05, 0.1) is 16.3 Å². The average molecular weight is 280 g/mol. The van der Waals surface area contributed by atoms with Crippen molar-refractivity contribution in [1.29, 1.82) is 0 Å². The van der Waals surface area contributed by atoms with E-state index in [1.807, 2.05) is 18.2 Å². The molecule has 0 spiro atoms. The molecule has 1 aliphatic heterocycles. The van der Waals surface area contributed by atoms with Gasteiger partial charge in [0.2, 0.25) is 0 Å². The lowest BCUT2D eigenvalue weighted by molar-refractivity contribution is 0.406. The minimum atomic E-state index is 0.431. The highest BCUT2D eigenvalue weighted by molar-refractivity contribution is 9.10. The van der Waals surface area contributed by atoms with Gasteiger partial charge in [-0.2, -0.15) is 0 Å². The van der Waals surface area contributed by atoms with Crippen molar-refractivity contribution in [2.45, 2.75) is 25.3 Å². The second-order valence-electron chi connectivity index (χ2n) is 4.24. The topological polar surface area (TPSA) is 29.3 Å². The van der Waals surface area contributed by atoms with E-state index in [0.717, 1.165) is 22.5 Å². The van der Waals surface area contributed by atoms with Crippen LogP contribution in [0.15, 0.2) is 29.0 Å². The molecule has 3 heterocycles. The van der Waals surface area contributed by atoms with Crippen LogP contribution in [0.3, 0.4) is 0 Å². The predicted molar refractivity (Wildman–Crippen MR) is 67.5 cm³/mol. The van der Waals surface area contributed by atoms with Crippen molar-refractivity contribution in [3.8, 4) is 0 Å². The smallest absolute Gasteiger partial charge is 0.137 e. The summed E-state index contributed by atoms with van der Waals surface area (Å²) in [6.07, 6.45) is 5.91. The van der Waals surface area contributed by atoms with Crippen LogP contribution >= 0.6 is 15.9 Å². The number of aromatic nitrogens is 2. The van der Waals surface area contributed by atoms with Crippen molar-refractivity contribution in [2.75, 3.05) is 6.54 Å². The highest BCUT2D eigenvalue weighted by Gasteiger charge is 2.17. The summed E-state index contributed by atoms with van der Waals surface area (Å²) in [5.41, 5.74) is 2.17. The van der Waals surface area contributed by atoms with E-state index < -0.39 is 0 Å². The van der Waals surface area contributed by atoms with Crippen molar-refractivity contribution < 1.29 is 0 Å². The Balaban J connectivity index is 2.01. The van der Waals surface area contributed by atoms with Gasteiger partial charge in [-0.25, -0.2) is 4.98 Å². The van der Waals surface area contributed by atoms with Gasteiger partial charge in [-0.05, 0) is 47.4 Å². The number of imidazole rings is 1. The Morgan fingerprint density at radius 3 is 3.06 bits per heavy atom. The van der Waals surface area contributed by atoms with E-state index in [9.17, 15) is 0 Å². The molecule has 2 aromatic heterocycles. The molecule has 0 radical (unpaired) electrons. The van der Waals surface area contributed by atoms with Crippen LogP contribution in [0.1, 0.15) is 31.0 Å². The SMILES string of the molecule is Brc1cccc2nc(C3CCCCN3)cn12. The molecule has 1 unspecified atom stereocenters. The van der Waals surface area contributed by atoms with Crippen LogP contribution in [0, 0.1) is 0 Å². The van der Waals surface area contributed by atoms with Crippen molar-refractivity contribution in [3.63, 3.8) is 0 Å². The van der Waals surface area contributed by atoms with Crippen LogP contribution in [-0.4, -0.2) is 15.9 Å². The summed E-state index contributed by atoms with van der Waals surface area (Å²) in [5, 5.41) is 3.52. The molecule has 0 aromatic carbocycles. The summed E-state index contributed by atoms with van der Waals surface area (Å²) in [6, 6.07) is 6.52. The molecule has 0 saturated carbocycles. The molecule has 4 heteroatoms. The molecule has 1 atom stereocenters. The molecule has 0 aliphatic carbocycles. The monoisotopic (exact) mass is 279 g/mol. The van der Waals surface area contributed by atoms with Crippen LogP contribution in [0.4, 0.5) is 0 Å². The van der Waals surface area contributed by atoms with Gasteiger partial charge >= 0.3 is 0 Å². The van der Waals surface area contributed by atoms with Crippen molar-refractivity contribution in [3.05, 3.63) is 34.7 Å². The van der Waals surface area contributed by atoms with Crippen LogP contribution in [0.5, 0.6) is 0 Å². The van der Waals surface area contributed by atoms with Gasteiger partial charge in [0.25, 0.3) is 0 Å². The van der Waals surface area contributed by atoms with Gasteiger partial charge in [0.15, 0.2) is 0 Å². The average Bonchev–Trinajstić information content (AvgIpc) is 2.76. The zero-order valence-corrected chi connectivity index (χ0v) is 10.6. The Morgan fingerprint density at radius 2 is 2.31 bits per heavy atom. The molecule has 1 N–H and O–H groups in total. The Hall–Kier alpha value is -0.870. The lowest BCUT2D eigenvalue weighted by atomic mass is 10.0. The van der Waals surface area contributed by atoms with Gasteiger partial charge in [0, 0.05) is 6.20 Å². The summed E-state index contributed by atoms with van der Waals surface area (Å²) in [6.45, 7) is 1.11. The Kier molecular flexibility index (Phi) is 2.69. The van der Waals surface area contributed by atoms with Gasteiger partial charge in [-0.3, -0.25) is 4.40 Å². The highest BCUT2D eigenvalue weighted by Crippen LogP contribution is 2.24. The first kappa shape index (κ1) is 10.3. The minimum absolute atomic E-state index is 0.431. The fourth-order valence-corrected chi connectivity index (χ4v) is 2.70. The number of hydrogen-bond acceptors (Lipinski definition) is 2. The van der Waals surface area contributed by atoms with E-state index in [1.165, 1.54) is 19.3 Å². The van der Waals surface area contributed by atoms with E-state index in [-0.39, 0.29) is 0 Å². The van der Waals surface area contributed by atoms with Gasteiger partial charge in [0.1, 0.15) is 5.65 Å². The Bertz CT molecular complexity index is 500. The summed E-state index contributed by atoms with van der Waals surface area (Å²) in [5.74, 6) is 0. The van der Waals surface area contributed by atoms with Crippen LogP contribution in [0.2, 0.25) is 0 Å². The van der Waals surface area contributed by atoms with E-state index >= 15 is 0 Å². The number of rotatable bonds is 1. The van der Waals surface area contributed by atoms with Gasteiger partial charge < -0.3 is 5.32 Å². The van der Waals surface area contributed by atoms with E-state index in [1.54, 1.807) is 0 Å². The molecular formula is C12H14BrN3. The molecule has 1 saturated heterocycles. The van der Waals surface area contributed by atoms with Crippen LogP contribution < -0.4 is 5.32 Å². The van der Waals surface area contributed by atoms with Crippen LogP contribution in [0.25, 0.3) is 5.65 Å².